The fourth-order valence-corrected chi connectivity index (χ4v) is 3.38. The highest BCUT2D eigenvalue weighted by molar-refractivity contribution is 6.02. The predicted molar refractivity (Wildman–Crippen MR) is 101 cm³/mol. The maximum Gasteiger partial charge on any atom is 0.151 e. The molecule has 0 saturated carbocycles. The SMILES string of the molecule is CC(=CCC(C)CC(C)(C)C)c1ccc2ccccc2c1C=O. The van der Waals surface area contributed by atoms with Crippen LogP contribution in [0, 0.1) is 11.3 Å². The largest absolute Gasteiger partial charge is 0.298 e. The number of carbonyl (C=O) groups excluding carboxylic acids is 1. The van der Waals surface area contributed by atoms with Crippen molar-refractivity contribution < 1.29 is 4.79 Å². The van der Waals surface area contributed by atoms with Crippen molar-refractivity contribution in [1.82, 2.24) is 0 Å². The first-order valence-electron chi connectivity index (χ1n) is 8.46. The maximum absolute atomic E-state index is 11.6. The maximum atomic E-state index is 11.6. The van der Waals surface area contributed by atoms with Crippen LogP contribution in [0.1, 0.15) is 63.4 Å². The summed E-state index contributed by atoms with van der Waals surface area (Å²) >= 11 is 0. The summed E-state index contributed by atoms with van der Waals surface area (Å²) in [5, 5.41) is 2.16. The molecule has 0 radical (unpaired) electrons. The smallest absolute Gasteiger partial charge is 0.151 e. The molecule has 23 heavy (non-hydrogen) atoms. The molecule has 0 aliphatic rings. The van der Waals surface area contributed by atoms with Gasteiger partial charge in [0, 0.05) is 5.56 Å². The minimum absolute atomic E-state index is 0.359. The van der Waals surface area contributed by atoms with E-state index in [0.717, 1.165) is 34.6 Å². The Bertz CT molecular complexity index is 716. The van der Waals surface area contributed by atoms with E-state index in [1.54, 1.807) is 0 Å². The van der Waals surface area contributed by atoms with Crippen molar-refractivity contribution >= 4 is 22.6 Å². The van der Waals surface area contributed by atoms with Gasteiger partial charge < -0.3 is 0 Å². The molecule has 0 heterocycles. The molecule has 1 nitrogen and oxygen atoms in total. The summed E-state index contributed by atoms with van der Waals surface area (Å²) in [7, 11) is 0. The predicted octanol–water partition coefficient (Wildman–Crippen LogP) is 6.52. The molecule has 1 atom stereocenters. The highest BCUT2D eigenvalue weighted by Crippen LogP contribution is 2.29. The van der Waals surface area contributed by atoms with Crippen molar-refractivity contribution in [3.05, 3.63) is 53.6 Å². The van der Waals surface area contributed by atoms with Crippen LogP contribution in [-0.2, 0) is 0 Å². The Morgan fingerprint density at radius 2 is 1.83 bits per heavy atom. The second kappa shape index (κ2) is 7.12. The lowest BCUT2D eigenvalue weighted by molar-refractivity contribution is 0.112. The minimum atomic E-state index is 0.359. The highest BCUT2D eigenvalue weighted by atomic mass is 16.1. The van der Waals surface area contributed by atoms with Crippen molar-refractivity contribution in [1.29, 1.82) is 0 Å². The van der Waals surface area contributed by atoms with Crippen LogP contribution in [0.5, 0.6) is 0 Å². The lowest BCUT2D eigenvalue weighted by Crippen LogP contribution is -2.10. The molecule has 2 aromatic rings. The Labute approximate surface area is 140 Å². The molecular formula is C22H28O. The van der Waals surface area contributed by atoms with Gasteiger partial charge in [0.2, 0.25) is 0 Å². The van der Waals surface area contributed by atoms with Gasteiger partial charge in [-0.25, -0.2) is 0 Å². The van der Waals surface area contributed by atoms with Crippen LogP contribution in [0.15, 0.2) is 42.5 Å². The van der Waals surface area contributed by atoms with E-state index in [4.69, 9.17) is 0 Å². The molecule has 0 N–H and O–H groups in total. The van der Waals surface area contributed by atoms with E-state index in [1.165, 1.54) is 12.0 Å². The van der Waals surface area contributed by atoms with Crippen LogP contribution in [0.2, 0.25) is 0 Å². The summed E-state index contributed by atoms with van der Waals surface area (Å²) in [6, 6.07) is 12.3. The van der Waals surface area contributed by atoms with Crippen molar-refractivity contribution in [2.75, 3.05) is 0 Å². The average Bonchev–Trinajstić information content (AvgIpc) is 2.49. The van der Waals surface area contributed by atoms with Crippen molar-refractivity contribution in [3.8, 4) is 0 Å². The Kier molecular flexibility index (Phi) is 5.41. The van der Waals surface area contributed by atoms with E-state index >= 15 is 0 Å². The topological polar surface area (TPSA) is 17.1 Å². The van der Waals surface area contributed by atoms with Gasteiger partial charge in [-0.15, -0.1) is 0 Å². The molecule has 1 heteroatoms. The first kappa shape index (κ1) is 17.5. The number of hydrogen-bond donors (Lipinski definition) is 0. The summed E-state index contributed by atoms with van der Waals surface area (Å²) in [5.41, 5.74) is 3.42. The Morgan fingerprint density at radius 3 is 2.48 bits per heavy atom. The van der Waals surface area contributed by atoms with E-state index < -0.39 is 0 Å². The van der Waals surface area contributed by atoms with Crippen molar-refractivity contribution in [2.24, 2.45) is 11.3 Å². The average molecular weight is 308 g/mol. The van der Waals surface area contributed by atoms with Gasteiger partial charge in [-0.1, -0.05) is 70.2 Å². The van der Waals surface area contributed by atoms with Gasteiger partial charge >= 0.3 is 0 Å². The number of allylic oxidation sites excluding steroid dienone is 2. The summed E-state index contributed by atoms with van der Waals surface area (Å²) in [6.45, 7) is 11.3. The number of fused-ring (bicyclic) bond motifs is 1. The molecule has 122 valence electrons. The molecule has 1 unspecified atom stereocenters. The lowest BCUT2D eigenvalue weighted by atomic mass is 9.83. The lowest BCUT2D eigenvalue weighted by Gasteiger charge is -2.22. The molecular weight excluding hydrogens is 280 g/mol. The molecule has 0 amide bonds. The Balaban J connectivity index is 2.28. The molecule has 0 bridgehead atoms. The summed E-state index contributed by atoms with van der Waals surface area (Å²) < 4.78 is 0. The number of aldehydes is 1. The fraction of sp³-hybridized carbons (Fsp3) is 0.409. The molecule has 0 aliphatic carbocycles. The molecule has 0 aromatic heterocycles. The zero-order chi connectivity index (χ0) is 17.0. The normalized spacial score (nSPS) is 14.0. The minimum Gasteiger partial charge on any atom is -0.298 e. The number of benzene rings is 2. The van der Waals surface area contributed by atoms with Crippen LogP contribution in [0.3, 0.4) is 0 Å². The van der Waals surface area contributed by atoms with E-state index in [-0.39, 0.29) is 0 Å². The zero-order valence-electron chi connectivity index (χ0n) is 15.0. The third kappa shape index (κ3) is 4.54. The van der Waals surface area contributed by atoms with Crippen molar-refractivity contribution in [3.63, 3.8) is 0 Å². The van der Waals surface area contributed by atoms with Crippen molar-refractivity contribution in [2.45, 2.75) is 47.5 Å². The molecule has 0 fully saturated rings. The van der Waals surface area contributed by atoms with E-state index in [2.05, 4.69) is 58.9 Å². The zero-order valence-corrected chi connectivity index (χ0v) is 15.0. The monoisotopic (exact) mass is 308 g/mol. The van der Waals surface area contributed by atoms with E-state index in [1.807, 2.05) is 18.2 Å². The van der Waals surface area contributed by atoms with Gasteiger partial charge in [0.1, 0.15) is 0 Å². The summed E-state index contributed by atoms with van der Waals surface area (Å²) in [6.07, 6.45) is 5.53. The third-order valence-corrected chi connectivity index (χ3v) is 4.30. The molecule has 2 rings (SSSR count). The number of carbonyl (C=O) groups is 1. The third-order valence-electron chi connectivity index (χ3n) is 4.30. The van der Waals surface area contributed by atoms with Gasteiger partial charge in [-0.3, -0.25) is 4.79 Å². The molecule has 0 saturated heterocycles. The first-order valence-corrected chi connectivity index (χ1v) is 8.46. The highest BCUT2D eigenvalue weighted by Gasteiger charge is 2.15. The van der Waals surface area contributed by atoms with Crippen LogP contribution in [0.4, 0.5) is 0 Å². The van der Waals surface area contributed by atoms with Gasteiger partial charge in [-0.05, 0) is 53.0 Å². The Morgan fingerprint density at radius 1 is 1.13 bits per heavy atom. The number of rotatable bonds is 5. The van der Waals surface area contributed by atoms with Crippen LogP contribution in [-0.4, -0.2) is 6.29 Å². The summed E-state index contributed by atoms with van der Waals surface area (Å²) in [5.74, 6) is 0.644. The summed E-state index contributed by atoms with van der Waals surface area (Å²) in [4.78, 5) is 11.6. The molecule has 0 spiro atoms. The fourth-order valence-electron chi connectivity index (χ4n) is 3.38. The van der Waals surface area contributed by atoms with Crippen LogP contribution >= 0.6 is 0 Å². The van der Waals surface area contributed by atoms with Gasteiger partial charge in [-0.2, -0.15) is 0 Å². The van der Waals surface area contributed by atoms with E-state index in [0.29, 0.717) is 11.3 Å². The van der Waals surface area contributed by atoms with Gasteiger partial charge in [0.05, 0.1) is 0 Å². The second-order valence-corrected chi connectivity index (χ2v) is 7.86. The molecule has 2 aromatic carbocycles. The Hall–Kier alpha value is -1.89. The van der Waals surface area contributed by atoms with Gasteiger partial charge in [0.15, 0.2) is 6.29 Å². The standard InChI is InChI=1S/C22H28O/c1-16(14-22(3,4)5)10-11-17(2)19-13-12-18-8-6-7-9-20(18)21(19)15-23/h6-9,11-13,15-16H,10,14H2,1-5H3. The number of hydrogen-bond acceptors (Lipinski definition) is 1. The first-order chi connectivity index (χ1) is 10.8. The quantitative estimate of drug-likeness (QED) is 0.575. The van der Waals surface area contributed by atoms with E-state index in [9.17, 15) is 4.79 Å². The van der Waals surface area contributed by atoms with Gasteiger partial charge in [0.25, 0.3) is 0 Å². The van der Waals surface area contributed by atoms with Crippen LogP contribution < -0.4 is 0 Å². The second-order valence-electron chi connectivity index (χ2n) is 7.86. The molecule has 0 aliphatic heterocycles. The van der Waals surface area contributed by atoms with Crippen LogP contribution in [0.25, 0.3) is 16.3 Å².